The van der Waals surface area contributed by atoms with Crippen LogP contribution in [0.3, 0.4) is 0 Å². The minimum Gasteiger partial charge on any atom is -0.314 e. The van der Waals surface area contributed by atoms with Crippen molar-refractivity contribution in [1.29, 1.82) is 0 Å². The highest BCUT2D eigenvalue weighted by molar-refractivity contribution is 6.33. The monoisotopic (exact) mass is 288 g/mol. The summed E-state index contributed by atoms with van der Waals surface area (Å²) in [5, 5.41) is 3.74. The van der Waals surface area contributed by atoms with Crippen molar-refractivity contribution in [3.05, 3.63) is 46.2 Å². The van der Waals surface area contributed by atoms with Crippen molar-refractivity contribution in [3.8, 4) is 0 Å². The summed E-state index contributed by atoms with van der Waals surface area (Å²) in [7, 11) is 0. The molecule has 0 bridgehead atoms. The molecule has 0 amide bonds. The van der Waals surface area contributed by atoms with Gasteiger partial charge < -0.3 is 5.32 Å². The fraction of sp³-hybridized carbons (Fsp3) is 0.385. The lowest BCUT2D eigenvalue weighted by atomic mass is 10.0. The molecule has 5 heteroatoms. The molecule has 1 atom stereocenters. The minimum atomic E-state index is -0.451. The van der Waals surface area contributed by atoms with Gasteiger partial charge in [0.2, 0.25) is 0 Å². The van der Waals surface area contributed by atoms with Crippen LogP contribution in [0.4, 0.5) is 4.39 Å². The zero-order valence-corrected chi connectivity index (χ0v) is 11.4. The van der Waals surface area contributed by atoms with Crippen LogP contribution in [-0.4, -0.2) is 31.1 Å². The Morgan fingerprint density at radius 2 is 1.89 bits per heavy atom. The molecule has 1 heterocycles. The SMILES string of the molecule is C=C[C@@H](c1c(Cl)ccc(Cl)c1F)N1CCNCC1. The van der Waals surface area contributed by atoms with Gasteiger partial charge >= 0.3 is 0 Å². The van der Waals surface area contributed by atoms with Crippen molar-refractivity contribution >= 4 is 23.2 Å². The molecule has 2 nitrogen and oxygen atoms in total. The molecule has 0 radical (unpaired) electrons. The highest BCUT2D eigenvalue weighted by Crippen LogP contribution is 2.34. The maximum absolute atomic E-state index is 14.1. The van der Waals surface area contributed by atoms with E-state index in [1.54, 1.807) is 12.1 Å². The molecule has 1 aliphatic heterocycles. The molecular formula is C13H15Cl2FN2. The number of benzene rings is 1. The lowest BCUT2D eigenvalue weighted by Crippen LogP contribution is -2.44. The van der Waals surface area contributed by atoms with Crippen molar-refractivity contribution in [3.63, 3.8) is 0 Å². The Hall–Kier alpha value is -0.610. The van der Waals surface area contributed by atoms with Gasteiger partial charge in [0.25, 0.3) is 0 Å². The van der Waals surface area contributed by atoms with E-state index in [-0.39, 0.29) is 11.1 Å². The van der Waals surface area contributed by atoms with E-state index in [2.05, 4.69) is 16.8 Å². The summed E-state index contributed by atoms with van der Waals surface area (Å²) in [6.45, 7) is 7.22. The largest absolute Gasteiger partial charge is 0.314 e. The van der Waals surface area contributed by atoms with Crippen LogP contribution in [0.2, 0.25) is 10.0 Å². The fourth-order valence-electron chi connectivity index (χ4n) is 2.22. The Morgan fingerprint density at radius 3 is 2.50 bits per heavy atom. The molecular weight excluding hydrogens is 274 g/mol. The second-order valence-corrected chi connectivity index (χ2v) is 5.04. The zero-order chi connectivity index (χ0) is 13.1. The third-order valence-electron chi connectivity index (χ3n) is 3.14. The quantitative estimate of drug-likeness (QED) is 0.678. The van der Waals surface area contributed by atoms with Crippen molar-refractivity contribution in [2.24, 2.45) is 0 Å². The Bertz CT molecular complexity index is 445. The summed E-state index contributed by atoms with van der Waals surface area (Å²) in [6, 6.07) is 2.86. The summed E-state index contributed by atoms with van der Waals surface area (Å²) in [5.41, 5.74) is 0.418. The van der Waals surface area contributed by atoms with E-state index < -0.39 is 5.82 Å². The van der Waals surface area contributed by atoms with E-state index in [0.29, 0.717) is 10.6 Å². The van der Waals surface area contributed by atoms with Gasteiger partial charge in [0.05, 0.1) is 11.1 Å². The van der Waals surface area contributed by atoms with Gasteiger partial charge in [-0.15, -0.1) is 6.58 Å². The fourth-order valence-corrected chi connectivity index (χ4v) is 2.65. The van der Waals surface area contributed by atoms with Crippen LogP contribution in [0, 0.1) is 5.82 Å². The normalized spacial score (nSPS) is 18.6. The third kappa shape index (κ3) is 2.69. The molecule has 0 aliphatic carbocycles. The lowest BCUT2D eigenvalue weighted by Gasteiger charge is -2.34. The van der Waals surface area contributed by atoms with E-state index in [9.17, 15) is 4.39 Å². The molecule has 1 aromatic rings. The number of hydrogen-bond donors (Lipinski definition) is 1. The summed E-state index contributed by atoms with van der Waals surface area (Å²) in [5.74, 6) is -0.451. The summed E-state index contributed by atoms with van der Waals surface area (Å²) in [6.07, 6.45) is 1.71. The molecule has 0 aromatic heterocycles. The van der Waals surface area contributed by atoms with Gasteiger partial charge in [-0.05, 0) is 12.1 Å². The van der Waals surface area contributed by atoms with Gasteiger partial charge in [-0.1, -0.05) is 29.3 Å². The average Bonchev–Trinajstić information content (AvgIpc) is 2.40. The van der Waals surface area contributed by atoms with Gasteiger partial charge in [0, 0.05) is 36.8 Å². The van der Waals surface area contributed by atoms with Gasteiger partial charge in [0.15, 0.2) is 0 Å². The number of halogens is 3. The molecule has 1 N–H and O–H groups in total. The molecule has 1 aromatic carbocycles. The first kappa shape index (κ1) is 13.8. The predicted octanol–water partition coefficient (Wildman–Crippen LogP) is 3.26. The van der Waals surface area contributed by atoms with Crippen LogP contribution >= 0.6 is 23.2 Å². The highest BCUT2D eigenvalue weighted by atomic mass is 35.5. The first-order valence-corrected chi connectivity index (χ1v) is 6.61. The second-order valence-electron chi connectivity index (χ2n) is 4.22. The number of nitrogens with one attached hydrogen (secondary N) is 1. The smallest absolute Gasteiger partial charge is 0.148 e. The summed E-state index contributed by atoms with van der Waals surface area (Å²) in [4.78, 5) is 2.14. The summed E-state index contributed by atoms with van der Waals surface area (Å²) < 4.78 is 14.1. The first-order valence-electron chi connectivity index (χ1n) is 5.86. The molecule has 18 heavy (non-hydrogen) atoms. The van der Waals surface area contributed by atoms with E-state index in [4.69, 9.17) is 23.2 Å². The second kappa shape index (κ2) is 6.02. The Labute approximate surface area is 116 Å². The first-order chi connectivity index (χ1) is 8.65. The number of nitrogens with zero attached hydrogens (tertiary/aromatic N) is 1. The Balaban J connectivity index is 2.37. The van der Waals surface area contributed by atoms with Crippen LogP contribution in [0.5, 0.6) is 0 Å². The standard InChI is InChI=1S/C13H15Cl2FN2/c1-2-11(18-7-5-17-6-8-18)12-9(14)3-4-10(15)13(12)16/h2-4,11,17H,1,5-8H2/t11-/m0/s1. The van der Waals surface area contributed by atoms with Crippen molar-refractivity contribution in [1.82, 2.24) is 10.2 Å². The van der Waals surface area contributed by atoms with E-state index >= 15 is 0 Å². The van der Waals surface area contributed by atoms with Crippen LogP contribution in [0.1, 0.15) is 11.6 Å². The van der Waals surface area contributed by atoms with E-state index in [1.807, 2.05) is 0 Å². The van der Waals surface area contributed by atoms with Gasteiger partial charge in [-0.2, -0.15) is 0 Å². The third-order valence-corrected chi connectivity index (χ3v) is 3.76. The van der Waals surface area contributed by atoms with Crippen molar-refractivity contribution < 1.29 is 4.39 Å². The number of rotatable bonds is 3. The molecule has 1 saturated heterocycles. The maximum atomic E-state index is 14.1. The molecule has 2 rings (SSSR count). The Kier molecular flexibility index (Phi) is 4.62. The van der Waals surface area contributed by atoms with Gasteiger partial charge in [-0.3, -0.25) is 4.90 Å². The van der Waals surface area contributed by atoms with Gasteiger partial charge in [0.1, 0.15) is 5.82 Å². The Morgan fingerprint density at radius 1 is 1.28 bits per heavy atom. The topological polar surface area (TPSA) is 15.3 Å². The predicted molar refractivity (Wildman–Crippen MR) is 73.8 cm³/mol. The number of hydrogen-bond acceptors (Lipinski definition) is 2. The lowest BCUT2D eigenvalue weighted by molar-refractivity contribution is 0.200. The average molecular weight is 289 g/mol. The van der Waals surface area contributed by atoms with Gasteiger partial charge in [-0.25, -0.2) is 4.39 Å². The van der Waals surface area contributed by atoms with Crippen LogP contribution < -0.4 is 5.32 Å². The highest BCUT2D eigenvalue weighted by Gasteiger charge is 2.25. The van der Waals surface area contributed by atoms with E-state index in [0.717, 1.165) is 26.2 Å². The molecule has 0 saturated carbocycles. The van der Waals surface area contributed by atoms with E-state index in [1.165, 1.54) is 6.07 Å². The molecule has 0 unspecified atom stereocenters. The van der Waals surface area contributed by atoms with Crippen LogP contribution in [0.15, 0.2) is 24.8 Å². The van der Waals surface area contributed by atoms with Crippen LogP contribution in [0.25, 0.3) is 0 Å². The molecule has 1 aliphatic rings. The van der Waals surface area contributed by atoms with Crippen molar-refractivity contribution in [2.75, 3.05) is 26.2 Å². The zero-order valence-electron chi connectivity index (χ0n) is 9.93. The summed E-state index contributed by atoms with van der Waals surface area (Å²) >= 11 is 11.9. The van der Waals surface area contributed by atoms with Crippen molar-refractivity contribution in [2.45, 2.75) is 6.04 Å². The number of piperazine rings is 1. The minimum absolute atomic E-state index is 0.0939. The van der Waals surface area contributed by atoms with Crippen LogP contribution in [-0.2, 0) is 0 Å². The molecule has 0 spiro atoms. The molecule has 98 valence electrons. The molecule has 1 fully saturated rings. The maximum Gasteiger partial charge on any atom is 0.148 e.